The van der Waals surface area contributed by atoms with Gasteiger partial charge in [-0.25, -0.2) is 25.6 Å². The Labute approximate surface area is 188 Å². The third kappa shape index (κ3) is 4.24. The summed E-state index contributed by atoms with van der Waals surface area (Å²) >= 11 is 5.76. The predicted octanol–water partition coefficient (Wildman–Crippen LogP) is 1.72. The van der Waals surface area contributed by atoms with Crippen LogP contribution in [0.25, 0.3) is 0 Å². The minimum absolute atomic E-state index is 0.185. The topological polar surface area (TPSA) is 136 Å². The van der Waals surface area contributed by atoms with Gasteiger partial charge in [-0.3, -0.25) is 0 Å². The zero-order chi connectivity index (χ0) is 23.9. The van der Waals surface area contributed by atoms with E-state index in [9.17, 15) is 35.8 Å². The van der Waals surface area contributed by atoms with Gasteiger partial charge in [0.05, 0.1) is 28.0 Å². The van der Waals surface area contributed by atoms with Crippen molar-refractivity contribution < 1.29 is 35.8 Å². The van der Waals surface area contributed by atoms with Gasteiger partial charge in [-0.1, -0.05) is 11.6 Å². The molecule has 0 amide bonds. The molecule has 2 N–H and O–H groups in total. The predicted molar refractivity (Wildman–Crippen MR) is 109 cm³/mol. The number of hydrogen-bond acceptors (Lipinski definition) is 7. The van der Waals surface area contributed by atoms with Crippen molar-refractivity contribution in [2.45, 2.75) is 27.1 Å². The molecule has 1 fully saturated rings. The second-order valence-corrected chi connectivity index (χ2v) is 11.7. The van der Waals surface area contributed by atoms with Gasteiger partial charge in [0, 0.05) is 23.7 Å². The molecule has 1 aliphatic heterocycles. The normalized spacial score (nSPS) is 22.2. The average Bonchev–Trinajstić information content (AvgIpc) is 3.13. The number of aliphatic hydroxyl groups excluding tert-OH is 1. The molecule has 32 heavy (non-hydrogen) atoms. The number of nitrogens with zero attached hydrogens (tertiary/aromatic N) is 2. The molecule has 8 nitrogen and oxygen atoms in total. The van der Waals surface area contributed by atoms with Crippen LogP contribution in [0.15, 0.2) is 52.3 Å². The van der Waals surface area contributed by atoms with Crippen molar-refractivity contribution in [1.29, 1.82) is 5.26 Å². The molecule has 172 valence electrons. The highest BCUT2D eigenvalue weighted by Crippen LogP contribution is 2.37. The summed E-state index contributed by atoms with van der Waals surface area (Å²) in [7, 11) is -9.07. The van der Waals surface area contributed by atoms with Gasteiger partial charge in [0.2, 0.25) is 10.0 Å². The number of β-amino-alcohol motifs (C(OH)–C–C–N with tert-alkyl or cyclic N) is 1. The van der Waals surface area contributed by atoms with E-state index in [0.29, 0.717) is 4.31 Å². The van der Waals surface area contributed by atoms with Crippen molar-refractivity contribution in [3.05, 3.63) is 58.6 Å². The van der Waals surface area contributed by atoms with Gasteiger partial charge < -0.3 is 10.2 Å². The fourth-order valence-corrected chi connectivity index (χ4v) is 7.37. The zero-order valence-electron chi connectivity index (χ0n) is 16.2. The number of sulfone groups is 1. The lowest BCUT2D eigenvalue weighted by Gasteiger charge is -2.26. The molecule has 2 atom stereocenters. The van der Waals surface area contributed by atoms with Crippen molar-refractivity contribution in [1.82, 2.24) is 4.31 Å². The maximum absolute atomic E-state index is 13.5. The molecule has 0 aliphatic carbocycles. The van der Waals surface area contributed by atoms with Crippen LogP contribution in [0.2, 0.25) is 5.02 Å². The molecule has 1 heterocycles. The highest BCUT2D eigenvalue weighted by atomic mass is 35.5. The summed E-state index contributed by atoms with van der Waals surface area (Å²) in [5.74, 6) is 0. The first kappa shape index (κ1) is 24.5. The SMILES string of the molecule is N#Cc1ccc(S(=O)(=O)N2C[C@H](S(=O)(=O)c3ccc(Cl)cc3)[C@](O)(CO)C2)c(C(F)F)c1. The van der Waals surface area contributed by atoms with Crippen LogP contribution in [0, 0.1) is 11.3 Å². The summed E-state index contributed by atoms with van der Waals surface area (Å²) in [6.45, 7) is -2.72. The number of nitriles is 1. The number of hydrogen-bond donors (Lipinski definition) is 2. The summed E-state index contributed by atoms with van der Waals surface area (Å²) in [6.07, 6.45) is -3.24. The summed E-state index contributed by atoms with van der Waals surface area (Å²) < 4.78 is 80.0. The van der Waals surface area contributed by atoms with E-state index in [-0.39, 0.29) is 15.5 Å². The Balaban J connectivity index is 2.06. The van der Waals surface area contributed by atoms with Gasteiger partial charge in [-0.2, -0.15) is 9.57 Å². The first-order chi connectivity index (χ1) is 14.9. The molecule has 2 aromatic carbocycles. The Bertz CT molecular complexity index is 1280. The molecule has 1 saturated heterocycles. The van der Waals surface area contributed by atoms with Crippen LogP contribution in [0.1, 0.15) is 17.6 Å². The van der Waals surface area contributed by atoms with Gasteiger partial charge in [-0.05, 0) is 42.5 Å². The van der Waals surface area contributed by atoms with Crippen molar-refractivity contribution in [3.8, 4) is 6.07 Å². The van der Waals surface area contributed by atoms with E-state index < -0.39 is 67.3 Å². The molecule has 0 aromatic heterocycles. The Morgan fingerprint density at radius 2 is 1.81 bits per heavy atom. The summed E-state index contributed by atoms with van der Waals surface area (Å²) in [5.41, 5.74) is -3.50. The Morgan fingerprint density at radius 1 is 1.19 bits per heavy atom. The lowest BCUT2D eigenvalue weighted by atomic mass is 10.1. The minimum Gasteiger partial charge on any atom is -0.393 e. The van der Waals surface area contributed by atoms with E-state index in [1.54, 1.807) is 6.07 Å². The zero-order valence-corrected chi connectivity index (χ0v) is 18.6. The molecule has 0 radical (unpaired) electrons. The lowest BCUT2D eigenvalue weighted by Crippen LogP contribution is -2.49. The molecule has 0 bridgehead atoms. The van der Waals surface area contributed by atoms with Crippen LogP contribution in [-0.4, -0.2) is 61.9 Å². The Kier molecular flexibility index (Phi) is 6.63. The number of rotatable bonds is 6. The number of halogens is 3. The molecule has 0 saturated carbocycles. The van der Waals surface area contributed by atoms with Crippen molar-refractivity contribution in [2.24, 2.45) is 0 Å². The van der Waals surface area contributed by atoms with Gasteiger partial charge >= 0.3 is 0 Å². The van der Waals surface area contributed by atoms with Crippen LogP contribution < -0.4 is 0 Å². The van der Waals surface area contributed by atoms with E-state index in [0.717, 1.165) is 18.2 Å². The van der Waals surface area contributed by atoms with E-state index in [1.807, 2.05) is 0 Å². The fourth-order valence-electron chi connectivity index (χ4n) is 3.50. The quantitative estimate of drug-likeness (QED) is 0.608. The second-order valence-electron chi connectivity index (χ2n) is 7.21. The molecular weight excluding hydrogens is 490 g/mol. The minimum atomic E-state index is -4.72. The highest BCUT2D eigenvalue weighted by Gasteiger charge is 2.55. The summed E-state index contributed by atoms with van der Waals surface area (Å²) in [6, 6.07) is 9.16. The number of alkyl halides is 2. The van der Waals surface area contributed by atoms with Gasteiger partial charge in [0.1, 0.15) is 10.9 Å². The maximum atomic E-state index is 13.5. The van der Waals surface area contributed by atoms with Gasteiger partial charge in [-0.15, -0.1) is 0 Å². The van der Waals surface area contributed by atoms with Crippen LogP contribution in [0.4, 0.5) is 8.78 Å². The molecule has 2 aromatic rings. The largest absolute Gasteiger partial charge is 0.393 e. The second kappa shape index (κ2) is 8.66. The third-order valence-corrected chi connectivity index (χ3v) is 9.61. The molecule has 3 rings (SSSR count). The highest BCUT2D eigenvalue weighted by molar-refractivity contribution is 7.92. The number of benzene rings is 2. The summed E-state index contributed by atoms with van der Waals surface area (Å²) in [5, 5.41) is 27.9. The molecule has 13 heteroatoms. The first-order valence-electron chi connectivity index (χ1n) is 9.02. The van der Waals surface area contributed by atoms with Crippen LogP contribution >= 0.6 is 11.6 Å². The van der Waals surface area contributed by atoms with E-state index in [2.05, 4.69) is 0 Å². The van der Waals surface area contributed by atoms with Gasteiger partial charge in [0.25, 0.3) is 6.43 Å². The Morgan fingerprint density at radius 3 is 2.34 bits per heavy atom. The Hall–Kier alpha value is -2.14. The first-order valence-corrected chi connectivity index (χ1v) is 12.4. The third-order valence-electron chi connectivity index (χ3n) is 5.20. The van der Waals surface area contributed by atoms with E-state index in [4.69, 9.17) is 16.9 Å². The molecular formula is C19H17ClF2N2O6S2. The molecule has 0 unspecified atom stereocenters. The summed E-state index contributed by atoms with van der Waals surface area (Å²) in [4.78, 5) is -1.08. The maximum Gasteiger partial charge on any atom is 0.265 e. The van der Waals surface area contributed by atoms with Crippen molar-refractivity contribution in [3.63, 3.8) is 0 Å². The van der Waals surface area contributed by atoms with E-state index >= 15 is 0 Å². The monoisotopic (exact) mass is 506 g/mol. The standard InChI is InChI=1S/C19H17ClF2N2O6S2/c20-13-2-4-14(5-3-13)31(27,28)17-9-24(10-19(17,26)11-25)32(29,30)16-6-1-12(8-23)7-15(16)18(21)22/h1-7,17-18,25-26H,9-11H2/t17-,19+/m0/s1. The smallest absolute Gasteiger partial charge is 0.265 e. The fraction of sp³-hybridized carbons (Fsp3) is 0.316. The number of sulfonamides is 1. The van der Waals surface area contributed by atoms with Crippen LogP contribution in [0.3, 0.4) is 0 Å². The van der Waals surface area contributed by atoms with Crippen molar-refractivity contribution in [2.75, 3.05) is 19.7 Å². The van der Waals surface area contributed by atoms with Gasteiger partial charge in [0.15, 0.2) is 9.84 Å². The van der Waals surface area contributed by atoms with Crippen LogP contribution in [-0.2, 0) is 19.9 Å². The lowest BCUT2D eigenvalue weighted by molar-refractivity contribution is 0.00159. The van der Waals surface area contributed by atoms with Crippen LogP contribution in [0.5, 0.6) is 0 Å². The molecule has 0 spiro atoms. The van der Waals surface area contributed by atoms with Crippen molar-refractivity contribution >= 4 is 31.5 Å². The van der Waals surface area contributed by atoms with E-state index in [1.165, 1.54) is 24.3 Å². The molecule has 1 aliphatic rings. The average molecular weight is 507 g/mol. The number of aliphatic hydroxyl groups is 2.